The van der Waals surface area contributed by atoms with Gasteiger partial charge in [0.15, 0.2) is 0 Å². The van der Waals surface area contributed by atoms with Gasteiger partial charge in [-0.25, -0.2) is 0 Å². The van der Waals surface area contributed by atoms with Crippen LogP contribution in [0.2, 0.25) is 0 Å². The lowest BCUT2D eigenvalue weighted by molar-refractivity contribution is 0.0671. The van der Waals surface area contributed by atoms with E-state index in [1.807, 2.05) is 0 Å². The van der Waals surface area contributed by atoms with Crippen LogP contribution in [-0.2, 0) is 15.6 Å². The van der Waals surface area contributed by atoms with Gasteiger partial charge in [0, 0.05) is 0 Å². The fourth-order valence-corrected chi connectivity index (χ4v) is 4.81. The molecule has 0 aromatic heterocycles. The van der Waals surface area contributed by atoms with E-state index in [9.17, 15) is 0 Å². The molecule has 4 rings (SSSR count). The van der Waals surface area contributed by atoms with Gasteiger partial charge in [0.1, 0.15) is 0 Å². The lowest BCUT2D eigenvalue weighted by Crippen LogP contribution is -2.34. The molecule has 1 aliphatic carbocycles. The molecule has 2 bridgehead atoms. The second kappa shape index (κ2) is 4.96. The van der Waals surface area contributed by atoms with E-state index in [1.54, 1.807) is 11.1 Å². The van der Waals surface area contributed by atoms with Crippen molar-refractivity contribution in [2.75, 3.05) is 0 Å². The quantitative estimate of drug-likeness (QED) is 0.648. The van der Waals surface area contributed by atoms with E-state index in [2.05, 4.69) is 52.8 Å². The van der Waals surface area contributed by atoms with E-state index in [4.69, 9.17) is 4.74 Å². The lowest BCUT2D eigenvalue weighted by atomic mass is 9.62. The highest BCUT2D eigenvalue weighted by atomic mass is 16.5. The van der Waals surface area contributed by atoms with Crippen LogP contribution in [0.3, 0.4) is 0 Å². The topological polar surface area (TPSA) is 9.23 Å². The molecule has 1 saturated heterocycles. The van der Waals surface area contributed by atoms with Crippen molar-refractivity contribution < 1.29 is 4.74 Å². The summed E-state index contributed by atoms with van der Waals surface area (Å²) in [5, 5.41) is 0. The summed E-state index contributed by atoms with van der Waals surface area (Å²) < 4.78 is 6.00. The number of benzene rings is 1. The van der Waals surface area contributed by atoms with Gasteiger partial charge in [-0.15, -0.1) is 0 Å². The molecule has 2 aliphatic heterocycles. The van der Waals surface area contributed by atoms with Crippen molar-refractivity contribution in [2.45, 2.75) is 89.8 Å². The van der Waals surface area contributed by atoms with Crippen molar-refractivity contribution in [1.82, 2.24) is 0 Å². The highest BCUT2D eigenvalue weighted by Gasteiger charge is 2.38. The first-order valence-electron chi connectivity index (χ1n) is 9.28. The van der Waals surface area contributed by atoms with Gasteiger partial charge in [0.05, 0.1) is 12.2 Å². The SMILES string of the molecule is Cc1cc2c(cc1C1=CC3CCC(C1)O3)C(C)(C)CCC2(C)C. The number of fused-ring (bicyclic) bond motifs is 3. The van der Waals surface area contributed by atoms with Gasteiger partial charge < -0.3 is 4.74 Å². The average molecular weight is 310 g/mol. The molecule has 1 heteroatoms. The molecule has 0 amide bonds. The largest absolute Gasteiger partial charge is 0.371 e. The number of aryl methyl sites for hydroxylation is 1. The van der Waals surface area contributed by atoms with Crippen molar-refractivity contribution in [1.29, 1.82) is 0 Å². The number of ether oxygens (including phenoxy) is 1. The van der Waals surface area contributed by atoms with Crippen LogP contribution in [0.4, 0.5) is 0 Å². The van der Waals surface area contributed by atoms with E-state index >= 15 is 0 Å². The average Bonchev–Trinajstić information content (AvgIpc) is 2.82. The Labute approximate surface area is 141 Å². The molecule has 0 saturated carbocycles. The molecule has 0 spiro atoms. The summed E-state index contributed by atoms with van der Waals surface area (Å²) in [6.07, 6.45) is 9.32. The summed E-state index contributed by atoms with van der Waals surface area (Å²) in [4.78, 5) is 0. The molecule has 1 fully saturated rings. The van der Waals surface area contributed by atoms with Crippen LogP contribution >= 0.6 is 0 Å². The molecular weight excluding hydrogens is 280 g/mol. The predicted molar refractivity (Wildman–Crippen MR) is 97.0 cm³/mol. The van der Waals surface area contributed by atoms with Crippen LogP contribution in [0.5, 0.6) is 0 Å². The molecular formula is C22H30O. The maximum absolute atomic E-state index is 6.00. The Hall–Kier alpha value is -1.08. The summed E-state index contributed by atoms with van der Waals surface area (Å²) in [6, 6.07) is 5.02. The Bertz CT molecular complexity index is 677. The molecule has 2 atom stereocenters. The van der Waals surface area contributed by atoms with E-state index in [-0.39, 0.29) is 5.41 Å². The smallest absolute Gasteiger partial charge is 0.0766 e. The van der Waals surface area contributed by atoms with Gasteiger partial charge in [-0.1, -0.05) is 45.9 Å². The summed E-state index contributed by atoms with van der Waals surface area (Å²) in [5.74, 6) is 0. The minimum atomic E-state index is 0.290. The third-order valence-corrected chi connectivity index (χ3v) is 6.52. The van der Waals surface area contributed by atoms with Crippen LogP contribution in [0.25, 0.3) is 5.57 Å². The van der Waals surface area contributed by atoms with E-state index in [0.717, 1.165) is 6.42 Å². The van der Waals surface area contributed by atoms with Gasteiger partial charge in [0.25, 0.3) is 0 Å². The lowest BCUT2D eigenvalue weighted by Gasteiger charge is -2.42. The van der Waals surface area contributed by atoms with Crippen LogP contribution in [0.1, 0.15) is 82.1 Å². The van der Waals surface area contributed by atoms with Gasteiger partial charge in [-0.2, -0.15) is 0 Å². The minimum absolute atomic E-state index is 0.290. The Balaban J connectivity index is 1.84. The summed E-state index contributed by atoms with van der Waals surface area (Å²) in [5.41, 5.74) is 8.20. The zero-order chi connectivity index (χ0) is 16.4. The molecule has 2 unspecified atom stereocenters. The summed E-state index contributed by atoms with van der Waals surface area (Å²) in [6.45, 7) is 12.0. The third kappa shape index (κ3) is 2.48. The van der Waals surface area contributed by atoms with E-state index < -0.39 is 0 Å². The van der Waals surface area contributed by atoms with Gasteiger partial charge in [-0.3, -0.25) is 0 Å². The summed E-state index contributed by atoms with van der Waals surface area (Å²) >= 11 is 0. The highest BCUT2D eigenvalue weighted by Crippen LogP contribution is 2.48. The van der Waals surface area contributed by atoms with Gasteiger partial charge in [-0.05, 0) is 77.7 Å². The fourth-order valence-electron chi connectivity index (χ4n) is 4.81. The first kappa shape index (κ1) is 15.4. The van der Waals surface area contributed by atoms with Crippen LogP contribution in [-0.4, -0.2) is 12.2 Å². The zero-order valence-corrected chi connectivity index (χ0v) is 15.3. The van der Waals surface area contributed by atoms with Crippen molar-refractivity contribution in [3.05, 3.63) is 40.5 Å². The van der Waals surface area contributed by atoms with Gasteiger partial charge in [0.2, 0.25) is 0 Å². The fraction of sp³-hybridized carbons (Fsp3) is 0.636. The Kier molecular flexibility index (Phi) is 3.33. The number of hydrogen-bond donors (Lipinski definition) is 0. The Morgan fingerprint density at radius 3 is 2.26 bits per heavy atom. The van der Waals surface area contributed by atoms with Crippen LogP contribution < -0.4 is 0 Å². The maximum atomic E-state index is 6.00. The number of hydrogen-bond acceptors (Lipinski definition) is 1. The molecule has 23 heavy (non-hydrogen) atoms. The monoisotopic (exact) mass is 310 g/mol. The maximum Gasteiger partial charge on any atom is 0.0766 e. The molecule has 3 aliphatic rings. The Morgan fingerprint density at radius 1 is 0.957 bits per heavy atom. The van der Waals surface area contributed by atoms with E-state index in [0.29, 0.717) is 17.6 Å². The van der Waals surface area contributed by atoms with Crippen LogP contribution in [0.15, 0.2) is 18.2 Å². The van der Waals surface area contributed by atoms with Crippen molar-refractivity contribution in [3.8, 4) is 0 Å². The minimum Gasteiger partial charge on any atom is -0.371 e. The molecule has 124 valence electrons. The zero-order valence-electron chi connectivity index (χ0n) is 15.3. The molecule has 2 heterocycles. The number of rotatable bonds is 1. The predicted octanol–water partition coefficient (Wildman–Crippen LogP) is 5.68. The first-order chi connectivity index (χ1) is 10.8. The third-order valence-electron chi connectivity index (χ3n) is 6.52. The van der Waals surface area contributed by atoms with E-state index in [1.165, 1.54) is 42.4 Å². The van der Waals surface area contributed by atoms with Crippen LogP contribution in [0, 0.1) is 6.92 Å². The van der Waals surface area contributed by atoms with Crippen molar-refractivity contribution >= 4 is 5.57 Å². The molecule has 0 N–H and O–H groups in total. The normalized spacial score (nSPS) is 30.7. The summed E-state index contributed by atoms with van der Waals surface area (Å²) in [7, 11) is 0. The molecule has 1 aromatic carbocycles. The van der Waals surface area contributed by atoms with Crippen molar-refractivity contribution in [3.63, 3.8) is 0 Å². The first-order valence-corrected chi connectivity index (χ1v) is 9.28. The van der Waals surface area contributed by atoms with Crippen molar-refractivity contribution in [2.24, 2.45) is 0 Å². The molecule has 1 aromatic rings. The second-order valence-corrected chi connectivity index (χ2v) is 9.25. The second-order valence-electron chi connectivity index (χ2n) is 9.25. The molecule has 0 radical (unpaired) electrons. The molecule has 1 nitrogen and oxygen atoms in total. The Morgan fingerprint density at radius 2 is 1.61 bits per heavy atom. The van der Waals surface area contributed by atoms with Gasteiger partial charge >= 0.3 is 0 Å². The highest BCUT2D eigenvalue weighted by molar-refractivity contribution is 5.72. The standard InChI is InChI=1S/C22H30O/c1-14-10-19-20(22(4,5)9-8-21(19,2)3)13-18(14)15-11-16-6-7-17(12-15)23-16/h10-11,13,16-17H,6-9,12H2,1-5H3.